The van der Waals surface area contributed by atoms with Crippen LogP contribution >= 0.6 is 41.2 Å². The van der Waals surface area contributed by atoms with Crippen molar-refractivity contribution in [2.75, 3.05) is 30.9 Å². The molecule has 0 aromatic heterocycles. The Morgan fingerprint density at radius 3 is 1.74 bits per heavy atom. The lowest BCUT2D eigenvalue weighted by molar-refractivity contribution is 0.0774. The van der Waals surface area contributed by atoms with E-state index in [0.29, 0.717) is 19.8 Å². The second-order valence-electron chi connectivity index (χ2n) is 4.97. The van der Waals surface area contributed by atoms with Crippen molar-refractivity contribution in [3.05, 3.63) is 0 Å². The van der Waals surface area contributed by atoms with Gasteiger partial charge in [0.25, 0.3) is 0 Å². The molecule has 8 heteroatoms. The standard InChI is InChI=1S/C15H34O3S4Si/c1-5-9-10-11-12-13-14-19-21-22-20-15-23(16-6-2,17-7-3)18-8-4/h5-15H2,1-4H3. The van der Waals surface area contributed by atoms with Crippen LogP contribution in [0.4, 0.5) is 0 Å². The first-order chi connectivity index (χ1) is 11.2. The first-order valence-corrected chi connectivity index (χ1v) is 15.8. The molecule has 0 aliphatic heterocycles. The summed E-state index contributed by atoms with van der Waals surface area (Å²) in [5.41, 5.74) is 0. The van der Waals surface area contributed by atoms with Crippen molar-refractivity contribution in [2.45, 2.75) is 66.2 Å². The fourth-order valence-corrected chi connectivity index (χ4v) is 13.1. The molecule has 0 atom stereocenters. The highest BCUT2D eigenvalue weighted by Crippen LogP contribution is 2.44. The topological polar surface area (TPSA) is 27.7 Å². The molecule has 0 radical (unpaired) electrons. The maximum absolute atomic E-state index is 5.85. The average Bonchev–Trinajstić information content (AvgIpc) is 2.53. The molecule has 0 saturated heterocycles. The van der Waals surface area contributed by atoms with E-state index in [9.17, 15) is 0 Å². The molecule has 0 aromatic carbocycles. The second-order valence-corrected chi connectivity index (χ2v) is 14.2. The summed E-state index contributed by atoms with van der Waals surface area (Å²) in [4.78, 5) is 0. The minimum absolute atomic E-state index is 0.650. The van der Waals surface area contributed by atoms with Crippen LogP contribution < -0.4 is 0 Å². The van der Waals surface area contributed by atoms with Crippen LogP contribution in [0.3, 0.4) is 0 Å². The van der Waals surface area contributed by atoms with Gasteiger partial charge in [-0.3, -0.25) is 0 Å². The van der Waals surface area contributed by atoms with Gasteiger partial charge in [-0.2, -0.15) is 0 Å². The highest BCUT2D eigenvalue weighted by atomic mass is 33.7. The molecule has 0 amide bonds. The summed E-state index contributed by atoms with van der Waals surface area (Å²) in [7, 11) is 4.98. The smallest absolute Gasteiger partial charge is 0.373 e. The van der Waals surface area contributed by atoms with Crippen molar-refractivity contribution < 1.29 is 13.3 Å². The predicted molar refractivity (Wildman–Crippen MR) is 114 cm³/mol. The molecule has 0 rings (SSSR count). The second kappa shape index (κ2) is 18.3. The lowest BCUT2D eigenvalue weighted by Gasteiger charge is -2.27. The molecule has 0 aromatic rings. The zero-order valence-electron chi connectivity index (χ0n) is 15.1. The van der Waals surface area contributed by atoms with Gasteiger partial charge in [0, 0.05) is 25.6 Å². The van der Waals surface area contributed by atoms with E-state index >= 15 is 0 Å². The third-order valence-corrected chi connectivity index (χ3v) is 13.8. The highest BCUT2D eigenvalue weighted by Gasteiger charge is 2.40. The lowest BCUT2D eigenvalue weighted by atomic mass is 10.1. The van der Waals surface area contributed by atoms with Crippen LogP contribution in [0.15, 0.2) is 0 Å². The van der Waals surface area contributed by atoms with E-state index < -0.39 is 8.80 Å². The number of unbranched alkanes of at least 4 members (excludes halogenated alkanes) is 5. The minimum atomic E-state index is -2.47. The fraction of sp³-hybridized carbons (Fsp3) is 1.00. The first kappa shape index (κ1) is 24.5. The van der Waals surface area contributed by atoms with E-state index in [2.05, 4.69) is 6.92 Å². The van der Waals surface area contributed by atoms with Gasteiger partial charge in [0.05, 0.1) is 5.38 Å². The Bertz CT molecular complexity index is 234. The lowest BCUT2D eigenvalue weighted by Crippen LogP contribution is -2.48. The number of hydrogen-bond donors (Lipinski definition) is 0. The summed E-state index contributed by atoms with van der Waals surface area (Å²) < 4.78 is 17.5. The summed E-state index contributed by atoms with van der Waals surface area (Å²) in [6.45, 7) is 10.2. The summed E-state index contributed by atoms with van der Waals surface area (Å²) in [5, 5.41) is 0.817. The molecule has 0 bridgehead atoms. The Balaban J connectivity index is 3.65. The van der Waals surface area contributed by atoms with Crippen molar-refractivity contribution >= 4 is 50.0 Å². The van der Waals surface area contributed by atoms with Crippen LogP contribution in [0.5, 0.6) is 0 Å². The van der Waals surface area contributed by atoms with E-state index in [-0.39, 0.29) is 0 Å². The van der Waals surface area contributed by atoms with Gasteiger partial charge in [0.2, 0.25) is 0 Å². The van der Waals surface area contributed by atoms with Gasteiger partial charge in [0.1, 0.15) is 0 Å². The normalized spacial score (nSPS) is 12.0. The monoisotopic (exact) mass is 418 g/mol. The molecule has 0 saturated carbocycles. The Hall–Kier alpha value is 1.50. The summed E-state index contributed by atoms with van der Waals surface area (Å²) in [5.74, 6) is 1.25. The van der Waals surface area contributed by atoms with Crippen LogP contribution in [-0.2, 0) is 13.3 Å². The van der Waals surface area contributed by atoms with Crippen molar-refractivity contribution in [3.8, 4) is 0 Å². The highest BCUT2D eigenvalue weighted by molar-refractivity contribution is 9.26. The fourth-order valence-electron chi connectivity index (χ4n) is 2.02. The number of hydrogen-bond acceptors (Lipinski definition) is 7. The molecule has 23 heavy (non-hydrogen) atoms. The average molecular weight is 419 g/mol. The predicted octanol–water partition coefficient (Wildman–Crippen LogP) is 6.61. The Morgan fingerprint density at radius 2 is 1.17 bits per heavy atom. The van der Waals surface area contributed by atoms with Crippen molar-refractivity contribution in [2.24, 2.45) is 0 Å². The van der Waals surface area contributed by atoms with E-state index in [4.69, 9.17) is 13.3 Å². The molecule has 0 aliphatic rings. The van der Waals surface area contributed by atoms with Crippen LogP contribution in [0.25, 0.3) is 0 Å². The van der Waals surface area contributed by atoms with Crippen LogP contribution in [0.1, 0.15) is 66.2 Å². The molecule has 0 unspecified atom stereocenters. The van der Waals surface area contributed by atoms with Crippen LogP contribution in [-0.4, -0.2) is 39.8 Å². The van der Waals surface area contributed by atoms with E-state index in [1.54, 1.807) is 10.8 Å². The third-order valence-electron chi connectivity index (χ3n) is 3.03. The van der Waals surface area contributed by atoms with E-state index in [0.717, 1.165) is 5.38 Å². The van der Waals surface area contributed by atoms with Gasteiger partial charge < -0.3 is 13.3 Å². The first-order valence-electron chi connectivity index (χ1n) is 8.74. The van der Waals surface area contributed by atoms with Gasteiger partial charge in [-0.15, -0.1) is 0 Å². The maximum Gasteiger partial charge on any atom is 0.512 e. The van der Waals surface area contributed by atoms with Crippen LogP contribution in [0.2, 0.25) is 0 Å². The molecule has 0 heterocycles. The molecule has 0 spiro atoms. The van der Waals surface area contributed by atoms with Gasteiger partial charge in [-0.1, -0.05) is 60.6 Å². The quantitative estimate of drug-likeness (QED) is 0.140. The largest absolute Gasteiger partial charge is 0.512 e. The summed E-state index contributed by atoms with van der Waals surface area (Å²) in [6, 6.07) is 0. The molecule has 3 nitrogen and oxygen atoms in total. The molecule has 140 valence electrons. The van der Waals surface area contributed by atoms with Gasteiger partial charge in [-0.05, 0) is 46.8 Å². The Kier molecular flexibility index (Phi) is 19.5. The third kappa shape index (κ3) is 14.4. The zero-order valence-corrected chi connectivity index (χ0v) is 19.4. The van der Waals surface area contributed by atoms with E-state index in [1.165, 1.54) is 44.3 Å². The van der Waals surface area contributed by atoms with Gasteiger partial charge in [-0.25, -0.2) is 0 Å². The zero-order chi connectivity index (χ0) is 17.2. The molecule has 0 fully saturated rings. The molecular weight excluding hydrogens is 385 g/mol. The van der Waals surface area contributed by atoms with Gasteiger partial charge >= 0.3 is 8.80 Å². The summed E-state index contributed by atoms with van der Waals surface area (Å²) in [6.07, 6.45) is 8.22. The SMILES string of the molecule is CCCCCCCCSSSSC[Si](OCC)(OCC)OCC. The molecule has 0 aliphatic carbocycles. The van der Waals surface area contributed by atoms with Gasteiger partial charge in [0.15, 0.2) is 0 Å². The molecule has 0 N–H and O–H groups in total. The molecular formula is C15H34O3S4Si. The maximum atomic E-state index is 5.85. The van der Waals surface area contributed by atoms with Crippen molar-refractivity contribution in [1.82, 2.24) is 0 Å². The van der Waals surface area contributed by atoms with Crippen molar-refractivity contribution in [3.63, 3.8) is 0 Å². The summed E-state index contributed by atoms with van der Waals surface area (Å²) >= 11 is 0. The van der Waals surface area contributed by atoms with Crippen molar-refractivity contribution in [1.29, 1.82) is 0 Å². The van der Waals surface area contributed by atoms with Crippen LogP contribution in [0, 0.1) is 0 Å². The number of rotatable bonds is 18. The Morgan fingerprint density at radius 1 is 0.652 bits per heavy atom. The van der Waals surface area contributed by atoms with E-state index in [1.807, 2.05) is 51.2 Å². The Labute approximate surface area is 160 Å². The minimum Gasteiger partial charge on any atom is -0.373 e.